The van der Waals surface area contributed by atoms with E-state index in [1.54, 1.807) is 0 Å². The first-order valence-corrected chi connectivity index (χ1v) is 6.11. The van der Waals surface area contributed by atoms with Gasteiger partial charge in [0.25, 0.3) is 23.6 Å². The quantitative estimate of drug-likeness (QED) is 0.563. The highest BCUT2D eigenvalue weighted by Crippen LogP contribution is 2.17. The number of halogens is 2. The van der Waals surface area contributed by atoms with Gasteiger partial charge >= 0.3 is 0 Å². The second kappa shape index (κ2) is 5.84. The van der Waals surface area contributed by atoms with Crippen LogP contribution in [-0.2, 0) is 19.2 Å². The molecule has 4 amide bonds. The molecule has 0 unspecified atom stereocenters. The van der Waals surface area contributed by atoms with Crippen molar-refractivity contribution in [3.8, 4) is 0 Å². The van der Waals surface area contributed by atoms with Gasteiger partial charge in [0.15, 0.2) is 11.7 Å². The fraction of sp³-hybridized carbons (Fsp3) is 0.143. The maximum Gasteiger partial charge on any atom is 0.296 e. The number of amides is 4. The van der Waals surface area contributed by atoms with Crippen molar-refractivity contribution in [2.24, 2.45) is 0 Å². The molecule has 0 atom stereocenters. The Bertz CT molecular complexity index is 673. The lowest BCUT2D eigenvalue weighted by atomic mass is 10.2. The normalized spacial score (nSPS) is 18.1. The van der Waals surface area contributed by atoms with E-state index in [1.165, 1.54) is 6.08 Å². The monoisotopic (exact) mass is 308 g/mol. The van der Waals surface area contributed by atoms with Crippen molar-refractivity contribution in [3.63, 3.8) is 0 Å². The molecule has 0 fully saturated rings. The molecule has 22 heavy (non-hydrogen) atoms. The van der Waals surface area contributed by atoms with Gasteiger partial charge in [-0.15, -0.1) is 0 Å². The topological polar surface area (TPSA) is 74.8 Å². The summed E-state index contributed by atoms with van der Waals surface area (Å²) < 4.78 is 26.5. The van der Waals surface area contributed by atoms with Crippen LogP contribution in [0.25, 0.3) is 0 Å². The Labute approximate surface area is 123 Å². The molecule has 0 aliphatic carbocycles. The van der Waals surface area contributed by atoms with Crippen molar-refractivity contribution in [2.45, 2.75) is 0 Å². The Hall–Kier alpha value is -2.90. The molecule has 0 aromatic rings. The van der Waals surface area contributed by atoms with Crippen LogP contribution >= 0.6 is 0 Å². The van der Waals surface area contributed by atoms with E-state index in [1.807, 2.05) is 0 Å². The first-order valence-electron chi connectivity index (χ1n) is 6.11. The molecule has 114 valence electrons. The highest BCUT2D eigenvalue weighted by molar-refractivity contribution is 6.25. The molecule has 2 rings (SSSR count). The molecule has 0 radical (unpaired) electrons. The van der Waals surface area contributed by atoms with E-state index in [0.717, 1.165) is 23.1 Å². The zero-order valence-electron chi connectivity index (χ0n) is 11.2. The maximum atomic E-state index is 13.8. The number of carbonyl (C=O) groups is 4. The Balaban J connectivity index is 2.06. The number of rotatable bonds is 3. The fourth-order valence-electron chi connectivity index (χ4n) is 1.94. The average Bonchev–Trinajstić information content (AvgIpc) is 3.04. The van der Waals surface area contributed by atoms with Crippen LogP contribution in [0.15, 0.2) is 48.1 Å². The summed E-state index contributed by atoms with van der Waals surface area (Å²) in [5.41, 5.74) is 0.243. The van der Waals surface area contributed by atoms with E-state index in [2.05, 4.69) is 6.58 Å². The lowest BCUT2D eigenvalue weighted by molar-refractivity contribution is -0.147. The second-order valence-electron chi connectivity index (χ2n) is 4.51. The van der Waals surface area contributed by atoms with Crippen molar-refractivity contribution < 1.29 is 28.0 Å². The third kappa shape index (κ3) is 2.90. The van der Waals surface area contributed by atoms with Gasteiger partial charge in [0.1, 0.15) is 0 Å². The average molecular weight is 308 g/mol. The first-order chi connectivity index (χ1) is 10.3. The zero-order chi connectivity index (χ0) is 16.4. The molecule has 0 bridgehead atoms. The van der Waals surface area contributed by atoms with Gasteiger partial charge in [-0.05, 0) is 11.6 Å². The van der Waals surface area contributed by atoms with E-state index in [-0.39, 0.29) is 23.6 Å². The van der Waals surface area contributed by atoms with Gasteiger partial charge in [-0.1, -0.05) is 12.7 Å². The highest BCUT2D eigenvalue weighted by Gasteiger charge is 2.33. The Morgan fingerprint density at radius 2 is 1.73 bits per heavy atom. The summed E-state index contributed by atoms with van der Waals surface area (Å²) in [6.07, 6.45) is 3.93. The third-order valence-electron chi connectivity index (χ3n) is 3.00. The van der Waals surface area contributed by atoms with E-state index < -0.39 is 35.3 Å². The van der Waals surface area contributed by atoms with Gasteiger partial charge in [0, 0.05) is 25.2 Å². The maximum absolute atomic E-state index is 13.8. The SMILES string of the molecule is C=C(F)C(=O)N1CC=C(/C=C(\F)C(=O)N2C(=O)C=CC2=O)C1. The molecule has 6 nitrogen and oxygen atoms in total. The third-order valence-corrected chi connectivity index (χ3v) is 3.00. The predicted molar refractivity (Wildman–Crippen MR) is 70.1 cm³/mol. The van der Waals surface area contributed by atoms with Crippen LogP contribution in [0.1, 0.15) is 0 Å². The van der Waals surface area contributed by atoms with Crippen LogP contribution in [0.3, 0.4) is 0 Å². The molecule has 0 saturated heterocycles. The van der Waals surface area contributed by atoms with E-state index in [0.29, 0.717) is 0 Å². The van der Waals surface area contributed by atoms with Gasteiger partial charge in [-0.25, -0.2) is 13.7 Å². The van der Waals surface area contributed by atoms with Gasteiger partial charge in [0.2, 0.25) is 0 Å². The summed E-state index contributed by atoms with van der Waals surface area (Å²) in [6, 6.07) is 0. The Kier molecular flexibility index (Phi) is 4.11. The molecule has 8 heteroatoms. The molecular weight excluding hydrogens is 298 g/mol. The summed E-state index contributed by atoms with van der Waals surface area (Å²) >= 11 is 0. The van der Waals surface area contributed by atoms with Crippen LogP contribution in [-0.4, -0.2) is 46.5 Å². The number of nitrogens with zero attached hydrogens (tertiary/aromatic N) is 2. The lowest BCUT2D eigenvalue weighted by Crippen LogP contribution is -2.36. The van der Waals surface area contributed by atoms with Crippen molar-refractivity contribution >= 4 is 23.6 Å². The largest absolute Gasteiger partial charge is 0.329 e. The number of imide groups is 3. The van der Waals surface area contributed by atoms with E-state index in [9.17, 15) is 28.0 Å². The smallest absolute Gasteiger partial charge is 0.296 e. The second-order valence-corrected chi connectivity index (χ2v) is 4.51. The van der Waals surface area contributed by atoms with Crippen molar-refractivity contribution in [1.29, 1.82) is 0 Å². The van der Waals surface area contributed by atoms with Gasteiger partial charge in [0.05, 0.1) is 0 Å². The summed E-state index contributed by atoms with van der Waals surface area (Å²) in [6.45, 7) is 2.80. The fourth-order valence-corrected chi connectivity index (χ4v) is 1.94. The molecule has 0 spiro atoms. The molecule has 0 N–H and O–H groups in total. The molecular formula is C14H10F2N2O4. The number of carbonyl (C=O) groups excluding carboxylic acids is 4. The van der Waals surface area contributed by atoms with Gasteiger partial charge in [-0.2, -0.15) is 0 Å². The minimum absolute atomic E-state index is 0.0399. The Morgan fingerprint density at radius 3 is 2.27 bits per heavy atom. The van der Waals surface area contributed by atoms with E-state index in [4.69, 9.17) is 0 Å². The molecule has 2 aliphatic rings. The molecule has 0 aromatic carbocycles. The first kappa shape index (κ1) is 15.5. The van der Waals surface area contributed by atoms with Gasteiger partial charge < -0.3 is 4.90 Å². The van der Waals surface area contributed by atoms with Crippen molar-refractivity contribution in [1.82, 2.24) is 9.80 Å². The molecule has 0 saturated carbocycles. The summed E-state index contributed by atoms with van der Waals surface area (Å²) in [7, 11) is 0. The molecule has 2 heterocycles. The zero-order valence-corrected chi connectivity index (χ0v) is 11.2. The predicted octanol–water partition coefficient (Wildman–Crippen LogP) is 0.543. The van der Waals surface area contributed by atoms with Crippen LogP contribution in [0.2, 0.25) is 0 Å². The number of hydrogen-bond acceptors (Lipinski definition) is 4. The minimum atomic E-state index is -1.39. The van der Waals surface area contributed by atoms with Crippen LogP contribution in [0.5, 0.6) is 0 Å². The van der Waals surface area contributed by atoms with Gasteiger partial charge in [-0.3, -0.25) is 19.2 Å². The van der Waals surface area contributed by atoms with Crippen LogP contribution in [0.4, 0.5) is 8.78 Å². The number of hydrogen-bond donors (Lipinski definition) is 0. The summed E-state index contributed by atoms with van der Waals surface area (Å²) in [4.78, 5) is 46.8. The summed E-state index contributed by atoms with van der Waals surface area (Å²) in [5, 5.41) is 0. The molecule has 0 aromatic heterocycles. The minimum Gasteiger partial charge on any atom is -0.329 e. The van der Waals surface area contributed by atoms with E-state index >= 15 is 0 Å². The summed E-state index contributed by atoms with van der Waals surface area (Å²) in [5.74, 6) is -6.64. The van der Waals surface area contributed by atoms with Crippen molar-refractivity contribution in [3.05, 3.63) is 48.1 Å². The van der Waals surface area contributed by atoms with Crippen LogP contribution < -0.4 is 0 Å². The van der Waals surface area contributed by atoms with Crippen molar-refractivity contribution in [2.75, 3.05) is 13.1 Å². The standard InChI is InChI=1S/C14H10F2N2O4/c1-8(15)13(21)17-5-4-9(7-17)6-10(16)14(22)18-11(19)2-3-12(18)20/h2-4,6H,1,5,7H2/b10-6-. The van der Waals surface area contributed by atoms with Crippen LogP contribution in [0, 0.1) is 0 Å². The lowest BCUT2D eigenvalue weighted by Gasteiger charge is -2.14. The highest BCUT2D eigenvalue weighted by atomic mass is 19.1. The Morgan fingerprint density at radius 1 is 1.14 bits per heavy atom. The molecule has 2 aliphatic heterocycles.